The summed E-state index contributed by atoms with van der Waals surface area (Å²) in [6.45, 7) is 7.69. The lowest BCUT2D eigenvalue weighted by atomic mass is 9.77. The Morgan fingerprint density at radius 2 is 2.20 bits per heavy atom. The molecule has 1 heterocycles. The van der Waals surface area contributed by atoms with Gasteiger partial charge in [0.2, 0.25) is 0 Å². The average molecular weight is 205 g/mol. The number of phenols is 1. The highest BCUT2D eigenvalue weighted by molar-refractivity contribution is 5.78. The van der Waals surface area contributed by atoms with Gasteiger partial charge in [-0.3, -0.25) is 4.79 Å². The summed E-state index contributed by atoms with van der Waals surface area (Å²) in [4.78, 5) is 11.3. The molecule has 0 saturated carbocycles. The van der Waals surface area contributed by atoms with Crippen LogP contribution in [0.5, 0.6) is 11.5 Å². The molecule has 0 saturated heterocycles. The maximum atomic E-state index is 11.3. The number of ether oxygens (including phenoxy) is 1. The van der Waals surface area contributed by atoms with E-state index in [9.17, 15) is 9.90 Å². The fraction of sp³-hybridized carbons (Fsp3) is 0.333. The Morgan fingerprint density at radius 3 is 2.87 bits per heavy atom. The summed E-state index contributed by atoms with van der Waals surface area (Å²) in [5.74, 6) is 0.450. The van der Waals surface area contributed by atoms with E-state index >= 15 is 0 Å². The number of fused-ring (bicyclic) bond motifs is 1. The SMILES string of the molecule is [CH2+]C1(C)CC(=O)Oc2ccc(O)c(C)c21. The van der Waals surface area contributed by atoms with E-state index in [-0.39, 0.29) is 18.1 Å². The van der Waals surface area contributed by atoms with Crippen LogP contribution in [-0.4, -0.2) is 11.1 Å². The molecule has 0 aliphatic carbocycles. The van der Waals surface area contributed by atoms with E-state index in [1.54, 1.807) is 13.0 Å². The molecule has 0 amide bonds. The molecule has 0 spiro atoms. The number of phenolic OH excluding ortho intramolecular Hbond substituents is 1. The van der Waals surface area contributed by atoms with Crippen LogP contribution in [0.2, 0.25) is 0 Å². The van der Waals surface area contributed by atoms with Gasteiger partial charge in [-0.05, 0) is 26.0 Å². The van der Waals surface area contributed by atoms with Crippen molar-refractivity contribution in [3.63, 3.8) is 0 Å². The van der Waals surface area contributed by atoms with Crippen LogP contribution in [0.25, 0.3) is 0 Å². The molecule has 0 radical (unpaired) electrons. The van der Waals surface area contributed by atoms with Crippen molar-refractivity contribution in [3.8, 4) is 11.5 Å². The summed E-state index contributed by atoms with van der Waals surface area (Å²) >= 11 is 0. The molecule has 3 nitrogen and oxygen atoms in total. The first-order chi connectivity index (χ1) is 6.92. The standard InChI is InChI=1S/C12H12O3/c1-7-8(13)4-5-9-11(7)12(2,3)6-10(14)15-9/h4-5H,2,6H2,1,3H3/p+1. The average Bonchev–Trinajstić information content (AvgIpc) is 2.08. The van der Waals surface area contributed by atoms with Gasteiger partial charge < -0.3 is 9.84 Å². The minimum atomic E-state index is -0.520. The minimum absolute atomic E-state index is 0.210. The zero-order valence-corrected chi connectivity index (χ0v) is 8.83. The normalized spacial score (nSPS) is 24.5. The fourth-order valence-electron chi connectivity index (χ4n) is 2.08. The van der Waals surface area contributed by atoms with Crippen LogP contribution >= 0.6 is 0 Å². The number of aromatic hydroxyl groups is 1. The van der Waals surface area contributed by atoms with Gasteiger partial charge in [0, 0.05) is 5.56 Å². The van der Waals surface area contributed by atoms with Crippen molar-refractivity contribution >= 4 is 5.97 Å². The highest BCUT2D eigenvalue weighted by Crippen LogP contribution is 2.43. The van der Waals surface area contributed by atoms with Crippen LogP contribution in [0.15, 0.2) is 12.1 Å². The van der Waals surface area contributed by atoms with E-state index in [2.05, 4.69) is 6.92 Å². The lowest BCUT2D eigenvalue weighted by molar-refractivity contribution is -0.136. The first kappa shape index (κ1) is 9.90. The lowest BCUT2D eigenvalue weighted by Gasteiger charge is -2.27. The third kappa shape index (κ3) is 1.44. The van der Waals surface area contributed by atoms with E-state index in [1.165, 1.54) is 6.07 Å². The largest absolute Gasteiger partial charge is 0.508 e. The molecule has 0 bridgehead atoms. The van der Waals surface area contributed by atoms with Gasteiger partial charge in [0.25, 0.3) is 0 Å². The van der Waals surface area contributed by atoms with Crippen molar-refractivity contribution in [1.82, 2.24) is 0 Å². The molecule has 1 aliphatic rings. The molecule has 1 aliphatic heterocycles. The van der Waals surface area contributed by atoms with Crippen molar-refractivity contribution in [3.05, 3.63) is 30.2 Å². The van der Waals surface area contributed by atoms with Crippen LogP contribution in [-0.2, 0) is 10.2 Å². The molecule has 1 aromatic rings. The predicted molar refractivity (Wildman–Crippen MR) is 55.8 cm³/mol. The minimum Gasteiger partial charge on any atom is -0.508 e. The second kappa shape index (κ2) is 2.92. The molecule has 1 atom stereocenters. The second-order valence-electron chi connectivity index (χ2n) is 4.29. The molecule has 1 N–H and O–H groups in total. The monoisotopic (exact) mass is 205 g/mol. The van der Waals surface area contributed by atoms with E-state index in [4.69, 9.17) is 4.74 Å². The van der Waals surface area contributed by atoms with Crippen molar-refractivity contribution in [2.24, 2.45) is 0 Å². The third-order valence-electron chi connectivity index (χ3n) is 2.76. The maximum Gasteiger partial charge on any atom is 0.316 e. The highest BCUT2D eigenvalue weighted by atomic mass is 16.5. The number of benzene rings is 1. The molecule has 15 heavy (non-hydrogen) atoms. The quantitative estimate of drug-likeness (QED) is 0.401. The molecular formula is C12H13O3+. The zero-order chi connectivity index (χ0) is 11.2. The summed E-state index contributed by atoms with van der Waals surface area (Å²) in [7, 11) is 0. The Hall–Kier alpha value is -1.64. The predicted octanol–water partition coefficient (Wildman–Crippen LogP) is 2.10. The third-order valence-corrected chi connectivity index (χ3v) is 2.76. The van der Waals surface area contributed by atoms with Gasteiger partial charge in [0.15, 0.2) is 0 Å². The first-order valence-electron chi connectivity index (χ1n) is 4.81. The number of carbonyl (C=O) groups is 1. The Labute approximate surface area is 88.7 Å². The Kier molecular flexibility index (Phi) is 1.93. The van der Waals surface area contributed by atoms with Crippen molar-refractivity contribution in [2.75, 3.05) is 0 Å². The second-order valence-corrected chi connectivity index (χ2v) is 4.29. The topological polar surface area (TPSA) is 46.5 Å². The number of esters is 1. The summed E-state index contributed by atoms with van der Waals surface area (Å²) in [5, 5.41) is 9.61. The van der Waals surface area contributed by atoms with Crippen molar-refractivity contribution in [1.29, 1.82) is 0 Å². The van der Waals surface area contributed by atoms with E-state index < -0.39 is 5.41 Å². The smallest absolute Gasteiger partial charge is 0.316 e. The molecule has 78 valence electrons. The van der Waals surface area contributed by atoms with Crippen molar-refractivity contribution in [2.45, 2.75) is 25.7 Å². The molecule has 0 aromatic heterocycles. The fourth-order valence-corrected chi connectivity index (χ4v) is 2.08. The van der Waals surface area contributed by atoms with Gasteiger partial charge in [0.1, 0.15) is 16.9 Å². The van der Waals surface area contributed by atoms with E-state index in [1.807, 2.05) is 6.92 Å². The lowest BCUT2D eigenvalue weighted by Crippen LogP contribution is -2.31. The summed E-state index contributed by atoms with van der Waals surface area (Å²) in [5.41, 5.74) is 1.03. The Bertz CT molecular complexity index is 433. The molecule has 0 fully saturated rings. The number of rotatable bonds is 0. The highest BCUT2D eigenvalue weighted by Gasteiger charge is 2.41. The molecule has 1 aromatic carbocycles. The first-order valence-corrected chi connectivity index (χ1v) is 4.81. The van der Waals surface area contributed by atoms with Gasteiger partial charge in [-0.15, -0.1) is 0 Å². The van der Waals surface area contributed by atoms with Gasteiger partial charge in [-0.25, -0.2) is 0 Å². The van der Waals surface area contributed by atoms with Crippen LogP contribution in [0.4, 0.5) is 0 Å². The number of carbonyl (C=O) groups excluding carboxylic acids is 1. The summed E-state index contributed by atoms with van der Waals surface area (Å²) in [6, 6.07) is 3.14. The summed E-state index contributed by atoms with van der Waals surface area (Å²) in [6.07, 6.45) is 0.240. The van der Waals surface area contributed by atoms with Crippen LogP contribution in [0.3, 0.4) is 0 Å². The number of hydrogen-bond donors (Lipinski definition) is 1. The summed E-state index contributed by atoms with van der Waals surface area (Å²) < 4.78 is 5.11. The van der Waals surface area contributed by atoms with Crippen molar-refractivity contribution < 1.29 is 14.6 Å². The molecule has 3 heteroatoms. The van der Waals surface area contributed by atoms with Gasteiger partial charge in [0.05, 0.1) is 18.9 Å². The van der Waals surface area contributed by atoms with E-state index in [0.717, 1.165) is 11.1 Å². The van der Waals surface area contributed by atoms with Gasteiger partial charge in [-0.1, -0.05) is 0 Å². The van der Waals surface area contributed by atoms with Crippen LogP contribution in [0, 0.1) is 13.8 Å². The van der Waals surface area contributed by atoms with E-state index in [0.29, 0.717) is 5.75 Å². The molecular weight excluding hydrogens is 192 g/mol. The number of hydrogen-bond acceptors (Lipinski definition) is 3. The van der Waals surface area contributed by atoms with Crippen LogP contribution in [0.1, 0.15) is 24.5 Å². The van der Waals surface area contributed by atoms with Gasteiger partial charge >= 0.3 is 5.97 Å². The maximum absolute atomic E-state index is 11.3. The Balaban J connectivity index is 2.68. The Morgan fingerprint density at radius 1 is 1.53 bits per heavy atom. The molecule has 1 unspecified atom stereocenters. The van der Waals surface area contributed by atoms with Gasteiger partial charge in [-0.2, -0.15) is 0 Å². The zero-order valence-electron chi connectivity index (χ0n) is 8.83. The molecule has 2 rings (SSSR count). The van der Waals surface area contributed by atoms with Crippen LogP contribution < -0.4 is 4.74 Å².